The maximum absolute atomic E-state index is 14.4. The van der Waals surface area contributed by atoms with Crippen molar-refractivity contribution in [1.29, 1.82) is 0 Å². The van der Waals surface area contributed by atoms with Crippen LogP contribution in [0.3, 0.4) is 0 Å². The van der Waals surface area contributed by atoms with Gasteiger partial charge in [-0.15, -0.1) is 0 Å². The molecule has 0 atom stereocenters. The zero-order valence-corrected chi connectivity index (χ0v) is 14.6. The third kappa shape index (κ3) is 3.12. The monoisotopic (exact) mass is 349 g/mol. The van der Waals surface area contributed by atoms with Crippen LogP contribution in [0.5, 0.6) is 0 Å². The van der Waals surface area contributed by atoms with Crippen molar-refractivity contribution in [2.45, 2.75) is 58.8 Å². The Labute approximate surface area is 146 Å². The minimum Gasteiger partial charge on any atom is -0.271 e. The van der Waals surface area contributed by atoms with Gasteiger partial charge in [0.05, 0.1) is 5.70 Å². The van der Waals surface area contributed by atoms with Crippen LogP contribution < -0.4 is 4.90 Å². The van der Waals surface area contributed by atoms with Gasteiger partial charge < -0.3 is 0 Å². The zero-order valence-electron chi connectivity index (χ0n) is 14.6. The molecule has 1 aromatic rings. The van der Waals surface area contributed by atoms with Crippen LogP contribution in [-0.2, 0) is 4.79 Å². The number of hydrogen-bond acceptors (Lipinski definition) is 1. The lowest BCUT2D eigenvalue weighted by Gasteiger charge is -2.24. The fourth-order valence-electron chi connectivity index (χ4n) is 3.74. The molecule has 2 aliphatic rings. The number of benzene rings is 1. The lowest BCUT2D eigenvalue weighted by Crippen LogP contribution is -2.28. The first-order valence-corrected chi connectivity index (χ1v) is 8.86. The SMILES string of the molecule is CCCCC(C)=C1C2=C(CCCC2)C(=O)N1c1c(F)cc(F)cc1F. The lowest BCUT2D eigenvalue weighted by atomic mass is 9.90. The molecule has 1 aliphatic heterocycles. The summed E-state index contributed by atoms with van der Waals surface area (Å²) in [6.07, 6.45) is 5.91. The number of unbranched alkanes of at least 4 members (excludes halogenated alkanes) is 1. The molecule has 5 heteroatoms. The molecular weight excluding hydrogens is 327 g/mol. The largest absolute Gasteiger partial charge is 0.271 e. The summed E-state index contributed by atoms with van der Waals surface area (Å²) in [6, 6.07) is 1.25. The zero-order chi connectivity index (χ0) is 18.1. The van der Waals surface area contributed by atoms with E-state index in [4.69, 9.17) is 0 Å². The Hall–Kier alpha value is -2.04. The van der Waals surface area contributed by atoms with Crippen molar-refractivity contribution in [1.82, 2.24) is 0 Å². The Morgan fingerprint density at radius 3 is 2.28 bits per heavy atom. The average molecular weight is 349 g/mol. The highest BCUT2D eigenvalue weighted by atomic mass is 19.1. The molecule has 0 bridgehead atoms. The summed E-state index contributed by atoms with van der Waals surface area (Å²) in [6.45, 7) is 3.98. The highest BCUT2D eigenvalue weighted by Gasteiger charge is 2.40. The summed E-state index contributed by atoms with van der Waals surface area (Å²) >= 11 is 0. The summed E-state index contributed by atoms with van der Waals surface area (Å²) in [5.74, 6) is -3.46. The van der Waals surface area contributed by atoms with Gasteiger partial charge in [-0.25, -0.2) is 13.2 Å². The molecule has 1 aliphatic carbocycles. The first-order valence-electron chi connectivity index (χ1n) is 8.86. The smallest absolute Gasteiger partial charge is 0.259 e. The van der Waals surface area contributed by atoms with Gasteiger partial charge in [-0.3, -0.25) is 9.69 Å². The van der Waals surface area contributed by atoms with E-state index in [0.29, 0.717) is 29.8 Å². The molecule has 1 amide bonds. The third-order valence-corrected chi connectivity index (χ3v) is 4.95. The lowest BCUT2D eigenvalue weighted by molar-refractivity contribution is -0.114. The first kappa shape index (κ1) is 17.8. The van der Waals surface area contributed by atoms with E-state index in [-0.39, 0.29) is 5.91 Å². The molecule has 0 saturated carbocycles. The Balaban J connectivity index is 2.16. The van der Waals surface area contributed by atoms with E-state index < -0.39 is 23.1 Å². The minimum atomic E-state index is -1.05. The summed E-state index contributed by atoms with van der Waals surface area (Å²) in [5.41, 5.74) is 2.67. The van der Waals surface area contributed by atoms with Crippen molar-refractivity contribution in [3.63, 3.8) is 0 Å². The van der Waals surface area contributed by atoms with Gasteiger partial charge in [0.1, 0.15) is 11.5 Å². The molecule has 134 valence electrons. The second-order valence-corrected chi connectivity index (χ2v) is 6.76. The van der Waals surface area contributed by atoms with E-state index in [1.54, 1.807) is 0 Å². The van der Waals surface area contributed by atoms with Crippen LogP contribution in [-0.4, -0.2) is 5.91 Å². The summed E-state index contributed by atoms with van der Waals surface area (Å²) in [7, 11) is 0. The fourth-order valence-corrected chi connectivity index (χ4v) is 3.74. The molecule has 1 heterocycles. The van der Waals surface area contributed by atoms with E-state index in [9.17, 15) is 18.0 Å². The number of allylic oxidation sites excluding steroid dienone is 2. The highest BCUT2D eigenvalue weighted by Crippen LogP contribution is 2.44. The van der Waals surface area contributed by atoms with E-state index in [0.717, 1.165) is 54.6 Å². The van der Waals surface area contributed by atoms with Crippen LogP contribution in [0.2, 0.25) is 0 Å². The molecular formula is C20H22F3NO. The average Bonchev–Trinajstić information content (AvgIpc) is 2.85. The predicted octanol–water partition coefficient (Wildman–Crippen LogP) is 5.79. The maximum atomic E-state index is 14.4. The maximum Gasteiger partial charge on any atom is 0.259 e. The Kier molecular flexibility index (Phi) is 5.02. The standard InChI is InChI=1S/C20H22F3NO/c1-3-4-7-12(2)18-14-8-5-6-9-15(14)20(25)24(18)19-16(22)10-13(21)11-17(19)23/h10-11H,3-9H2,1-2H3. The van der Waals surface area contributed by atoms with Crippen molar-refractivity contribution < 1.29 is 18.0 Å². The van der Waals surface area contributed by atoms with Gasteiger partial charge in [0.25, 0.3) is 5.91 Å². The Morgan fingerprint density at radius 2 is 1.68 bits per heavy atom. The normalized spacial score (nSPS) is 19.6. The Bertz CT molecular complexity index is 756. The van der Waals surface area contributed by atoms with E-state index in [1.807, 2.05) is 6.92 Å². The molecule has 0 spiro atoms. The predicted molar refractivity (Wildman–Crippen MR) is 91.5 cm³/mol. The molecule has 1 aromatic carbocycles. The van der Waals surface area contributed by atoms with Crippen LogP contribution in [0.1, 0.15) is 58.8 Å². The van der Waals surface area contributed by atoms with Gasteiger partial charge in [0, 0.05) is 17.7 Å². The topological polar surface area (TPSA) is 20.3 Å². The number of carbonyl (C=O) groups excluding carboxylic acids is 1. The van der Waals surface area contributed by atoms with E-state index in [1.165, 1.54) is 0 Å². The van der Waals surface area contributed by atoms with E-state index >= 15 is 0 Å². The molecule has 3 rings (SSSR count). The van der Waals surface area contributed by atoms with Crippen molar-refractivity contribution in [2.24, 2.45) is 0 Å². The van der Waals surface area contributed by atoms with Gasteiger partial charge in [-0.05, 0) is 56.6 Å². The van der Waals surface area contributed by atoms with Crippen LogP contribution in [0.25, 0.3) is 0 Å². The fraction of sp³-hybridized carbons (Fsp3) is 0.450. The van der Waals surface area contributed by atoms with Gasteiger partial charge in [0.15, 0.2) is 11.6 Å². The number of amides is 1. The minimum absolute atomic E-state index is 0.370. The van der Waals surface area contributed by atoms with Gasteiger partial charge in [-0.2, -0.15) is 0 Å². The summed E-state index contributed by atoms with van der Waals surface area (Å²) in [4.78, 5) is 14.1. The van der Waals surface area contributed by atoms with Crippen molar-refractivity contribution in [3.05, 3.63) is 52.0 Å². The first-order chi connectivity index (χ1) is 12.0. The van der Waals surface area contributed by atoms with Crippen molar-refractivity contribution in [2.75, 3.05) is 4.90 Å². The number of nitrogens with zero attached hydrogens (tertiary/aromatic N) is 1. The number of rotatable bonds is 4. The molecule has 25 heavy (non-hydrogen) atoms. The van der Waals surface area contributed by atoms with Crippen LogP contribution in [0.4, 0.5) is 18.9 Å². The number of carbonyl (C=O) groups is 1. The second kappa shape index (κ2) is 7.06. The Morgan fingerprint density at radius 1 is 1.08 bits per heavy atom. The number of hydrogen-bond donors (Lipinski definition) is 0. The molecule has 0 unspecified atom stereocenters. The van der Waals surface area contributed by atoms with Crippen molar-refractivity contribution >= 4 is 11.6 Å². The van der Waals surface area contributed by atoms with Crippen LogP contribution in [0.15, 0.2) is 34.5 Å². The van der Waals surface area contributed by atoms with Crippen LogP contribution >= 0.6 is 0 Å². The molecule has 0 fully saturated rings. The third-order valence-electron chi connectivity index (χ3n) is 4.95. The van der Waals surface area contributed by atoms with E-state index in [2.05, 4.69) is 6.92 Å². The van der Waals surface area contributed by atoms with Gasteiger partial charge in [0.2, 0.25) is 0 Å². The number of anilines is 1. The van der Waals surface area contributed by atoms with Gasteiger partial charge >= 0.3 is 0 Å². The molecule has 0 aromatic heterocycles. The quantitative estimate of drug-likeness (QED) is 0.674. The van der Waals surface area contributed by atoms with Crippen molar-refractivity contribution in [3.8, 4) is 0 Å². The highest BCUT2D eigenvalue weighted by molar-refractivity contribution is 6.13. The molecule has 2 nitrogen and oxygen atoms in total. The second-order valence-electron chi connectivity index (χ2n) is 6.76. The molecule has 0 N–H and O–H groups in total. The molecule has 0 saturated heterocycles. The molecule has 0 radical (unpaired) electrons. The summed E-state index contributed by atoms with van der Waals surface area (Å²) in [5, 5.41) is 0. The number of halogens is 3. The van der Waals surface area contributed by atoms with Gasteiger partial charge in [-0.1, -0.05) is 13.3 Å². The van der Waals surface area contributed by atoms with Crippen LogP contribution in [0, 0.1) is 17.5 Å². The summed E-state index contributed by atoms with van der Waals surface area (Å²) < 4.78 is 42.1.